The number of benzene rings is 1. The van der Waals surface area contributed by atoms with E-state index < -0.39 is 10.0 Å². The number of rotatable bonds is 3. The zero-order valence-corrected chi connectivity index (χ0v) is 12.6. The minimum absolute atomic E-state index is 0.0104. The zero-order valence-electron chi connectivity index (χ0n) is 11.8. The Morgan fingerprint density at radius 1 is 1.20 bits per heavy atom. The molecule has 5 nitrogen and oxygen atoms in total. The Morgan fingerprint density at radius 3 is 2.60 bits per heavy atom. The van der Waals surface area contributed by atoms with Crippen molar-refractivity contribution in [1.82, 2.24) is 0 Å². The second-order valence-corrected chi connectivity index (χ2v) is 7.16. The predicted molar refractivity (Wildman–Crippen MR) is 81.9 cm³/mol. The molecule has 1 aliphatic carbocycles. The molecule has 0 heterocycles. The fourth-order valence-corrected chi connectivity index (χ4v) is 3.51. The van der Waals surface area contributed by atoms with E-state index in [0.717, 1.165) is 6.42 Å². The fourth-order valence-electron chi connectivity index (χ4n) is 2.83. The van der Waals surface area contributed by atoms with Gasteiger partial charge < -0.3 is 11.1 Å². The molecule has 2 rings (SSSR count). The lowest BCUT2D eigenvalue weighted by Gasteiger charge is -2.25. The average molecular weight is 297 g/mol. The smallest absolute Gasteiger partial charge is 0.240 e. The number of anilines is 2. The van der Waals surface area contributed by atoms with Crippen molar-refractivity contribution in [2.45, 2.75) is 50.0 Å². The van der Waals surface area contributed by atoms with Crippen molar-refractivity contribution in [3.05, 3.63) is 18.2 Å². The van der Waals surface area contributed by atoms with Gasteiger partial charge in [-0.05, 0) is 30.9 Å². The summed E-state index contributed by atoms with van der Waals surface area (Å²) < 4.78 is 23.0. The van der Waals surface area contributed by atoms with Crippen molar-refractivity contribution in [3.8, 4) is 0 Å². The SMILES string of the molecule is CC1CCCCCC1Nc1cccc(S(N)(=O)=O)c1N. The highest BCUT2D eigenvalue weighted by Crippen LogP contribution is 2.30. The highest BCUT2D eigenvalue weighted by atomic mass is 32.2. The van der Waals surface area contributed by atoms with E-state index in [1.165, 1.54) is 31.7 Å². The Kier molecular flexibility index (Phi) is 4.55. The van der Waals surface area contributed by atoms with E-state index in [4.69, 9.17) is 10.9 Å². The monoisotopic (exact) mass is 297 g/mol. The maximum Gasteiger partial charge on any atom is 0.240 e. The number of nitrogens with two attached hydrogens (primary N) is 2. The molecule has 20 heavy (non-hydrogen) atoms. The van der Waals surface area contributed by atoms with E-state index in [1.807, 2.05) is 6.07 Å². The summed E-state index contributed by atoms with van der Waals surface area (Å²) in [5.74, 6) is 0.551. The van der Waals surface area contributed by atoms with Crippen molar-refractivity contribution >= 4 is 21.4 Å². The summed E-state index contributed by atoms with van der Waals surface area (Å²) in [4.78, 5) is -0.0104. The van der Waals surface area contributed by atoms with Gasteiger partial charge in [0, 0.05) is 6.04 Å². The second-order valence-electron chi connectivity index (χ2n) is 5.63. The molecule has 2 unspecified atom stereocenters. The van der Waals surface area contributed by atoms with Crippen LogP contribution >= 0.6 is 0 Å². The van der Waals surface area contributed by atoms with E-state index >= 15 is 0 Å². The van der Waals surface area contributed by atoms with Crippen LogP contribution in [-0.4, -0.2) is 14.5 Å². The Hall–Kier alpha value is -1.27. The number of para-hydroxylation sites is 1. The van der Waals surface area contributed by atoms with Crippen LogP contribution in [0.25, 0.3) is 0 Å². The number of sulfonamides is 1. The molecule has 1 aliphatic rings. The van der Waals surface area contributed by atoms with Crippen LogP contribution in [0.5, 0.6) is 0 Å². The van der Waals surface area contributed by atoms with Gasteiger partial charge in [-0.1, -0.05) is 32.3 Å². The quantitative estimate of drug-likeness (QED) is 0.589. The Bertz CT molecular complexity index is 572. The van der Waals surface area contributed by atoms with Crippen molar-refractivity contribution in [2.75, 3.05) is 11.1 Å². The zero-order chi connectivity index (χ0) is 14.8. The minimum Gasteiger partial charge on any atom is -0.396 e. The van der Waals surface area contributed by atoms with Gasteiger partial charge in [0.05, 0.1) is 11.4 Å². The fraction of sp³-hybridized carbons (Fsp3) is 0.571. The number of hydrogen-bond donors (Lipinski definition) is 3. The van der Waals surface area contributed by atoms with Gasteiger partial charge in [0.15, 0.2) is 0 Å². The standard InChI is InChI=1S/C14H23N3O2S/c1-10-6-3-2-4-7-11(10)17-12-8-5-9-13(14(12)15)20(16,18)19/h5,8-11,17H,2-4,6-7,15H2,1H3,(H2,16,18,19). The molecule has 0 saturated heterocycles. The maximum atomic E-state index is 11.5. The highest BCUT2D eigenvalue weighted by molar-refractivity contribution is 7.89. The van der Waals surface area contributed by atoms with Crippen LogP contribution in [0.15, 0.2) is 23.1 Å². The number of nitrogens with one attached hydrogen (secondary N) is 1. The van der Waals surface area contributed by atoms with Crippen molar-refractivity contribution in [3.63, 3.8) is 0 Å². The number of nitrogen functional groups attached to an aromatic ring is 1. The van der Waals surface area contributed by atoms with Crippen LogP contribution in [0.4, 0.5) is 11.4 Å². The molecule has 112 valence electrons. The third kappa shape index (κ3) is 3.43. The molecule has 0 aromatic heterocycles. The lowest BCUT2D eigenvalue weighted by Crippen LogP contribution is -2.27. The summed E-state index contributed by atoms with van der Waals surface area (Å²) in [7, 11) is -3.78. The van der Waals surface area contributed by atoms with E-state index in [1.54, 1.807) is 6.07 Å². The summed E-state index contributed by atoms with van der Waals surface area (Å²) >= 11 is 0. The van der Waals surface area contributed by atoms with Crippen LogP contribution in [0, 0.1) is 5.92 Å². The first-order valence-electron chi connectivity index (χ1n) is 7.07. The van der Waals surface area contributed by atoms with Gasteiger partial charge in [0.1, 0.15) is 4.90 Å². The molecule has 0 radical (unpaired) electrons. The van der Waals surface area contributed by atoms with Gasteiger partial charge in [0.2, 0.25) is 10.0 Å². The molecule has 0 bridgehead atoms. The molecular weight excluding hydrogens is 274 g/mol. The highest BCUT2D eigenvalue weighted by Gasteiger charge is 2.22. The number of hydrogen-bond acceptors (Lipinski definition) is 4. The Balaban J connectivity index is 2.25. The second kappa shape index (κ2) is 6.01. The predicted octanol–water partition coefficient (Wildman–Crippen LogP) is 2.30. The van der Waals surface area contributed by atoms with Gasteiger partial charge in [-0.2, -0.15) is 0 Å². The molecule has 2 atom stereocenters. The number of primary sulfonamides is 1. The van der Waals surface area contributed by atoms with Gasteiger partial charge in [-0.15, -0.1) is 0 Å². The van der Waals surface area contributed by atoms with E-state index in [9.17, 15) is 8.42 Å². The largest absolute Gasteiger partial charge is 0.396 e. The van der Waals surface area contributed by atoms with Crippen LogP contribution < -0.4 is 16.2 Å². The van der Waals surface area contributed by atoms with E-state index in [2.05, 4.69) is 12.2 Å². The topological polar surface area (TPSA) is 98.2 Å². The third-order valence-electron chi connectivity index (χ3n) is 4.08. The van der Waals surface area contributed by atoms with Crippen LogP contribution in [0.3, 0.4) is 0 Å². The molecule has 6 heteroatoms. The van der Waals surface area contributed by atoms with Gasteiger partial charge in [-0.3, -0.25) is 0 Å². The first-order chi connectivity index (χ1) is 9.39. The summed E-state index contributed by atoms with van der Waals surface area (Å²) in [5.41, 5.74) is 6.83. The van der Waals surface area contributed by atoms with Crippen molar-refractivity contribution in [1.29, 1.82) is 0 Å². The lowest BCUT2D eigenvalue weighted by molar-refractivity contribution is 0.457. The molecule has 1 aromatic carbocycles. The summed E-state index contributed by atoms with van der Waals surface area (Å²) in [5, 5.41) is 8.58. The lowest BCUT2D eigenvalue weighted by atomic mass is 9.96. The average Bonchev–Trinajstić information content (AvgIpc) is 2.56. The summed E-state index contributed by atoms with van der Waals surface area (Å²) in [6.07, 6.45) is 5.98. The Morgan fingerprint density at radius 2 is 1.90 bits per heavy atom. The molecule has 0 aliphatic heterocycles. The summed E-state index contributed by atoms with van der Waals surface area (Å²) in [6, 6.07) is 5.24. The van der Waals surface area contributed by atoms with E-state index in [0.29, 0.717) is 17.6 Å². The van der Waals surface area contributed by atoms with Gasteiger partial charge >= 0.3 is 0 Å². The molecular formula is C14H23N3O2S. The molecule has 0 spiro atoms. The first kappa shape index (κ1) is 15.1. The molecule has 5 N–H and O–H groups in total. The molecule has 1 saturated carbocycles. The Labute approximate surface area is 120 Å². The normalized spacial score (nSPS) is 24.1. The van der Waals surface area contributed by atoms with Crippen molar-refractivity contribution < 1.29 is 8.42 Å². The van der Waals surface area contributed by atoms with Crippen LogP contribution in [-0.2, 0) is 10.0 Å². The summed E-state index contributed by atoms with van der Waals surface area (Å²) in [6.45, 7) is 2.22. The minimum atomic E-state index is -3.78. The third-order valence-corrected chi connectivity index (χ3v) is 5.04. The molecule has 1 fully saturated rings. The van der Waals surface area contributed by atoms with Crippen LogP contribution in [0.2, 0.25) is 0 Å². The van der Waals surface area contributed by atoms with Crippen LogP contribution in [0.1, 0.15) is 39.0 Å². The van der Waals surface area contributed by atoms with E-state index in [-0.39, 0.29) is 10.6 Å². The molecule has 0 amide bonds. The van der Waals surface area contributed by atoms with Gasteiger partial charge in [-0.25, -0.2) is 13.6 Å². The molecule has 1 aromatic rings. The maximum absolute atomic E-state index is 11.5. The first-order valence-corrected chi connectivity index (χ1v) is 8.62. The van der Waals surface area contributed by atoms with Gasteiger partial charge in [0.25, 0.3) is 0 Å². The van der Waals surface area contributed by atoms with Crippen molar-refractivity contribution in [2.24, 2.45) is 11.1 Å².